The average molecular weight is 579 g/mol. The summed E-state index contributed by atoms with van der Waals surface area (Å²) in [5.41, 5.74) is -1.46. The predicted octanol–water partition coefficient (Wildman–Crippen LogP) is 6.40. The van der Waals surface area contributed by atoms with E-state index in [4.69, 9.17) is 9.47 Å². The normalized spacial score (nSPS) is 19.2. The van der Waals surface area contributed by atoms with Crippen LogP contribution >= 0.6 is 15.9 Å². The minimum absolute atomic E-state index is 0.0170. The van der Waals surface area contributed by atoms with E-state index >= 15 is 0 Å². The van der Waals surface area contributed by atoms with Crippen molar-refractivity contribution < 1.29 is 27.4 Å². The van der Waals surface area contributed by atoms with Gasteiger partial charge in [0, 0.05) is 29.8 Å². The highest BCUT2D eigenvalue weighted by Crippen LogP contribution is 2.47. The van der Waals surface area contributed by atoms with Crippen LogP contribution in [0.1, 0.15) is 39.3 Å². The number of hydrogen-bond donors (Lipinski definition) is 0. The number of rotatable bonds is 6. The average Bonchev–Trinajstić information content (AvgIpc) is 2.81. The Hall–Kier alpha value is -3.21. The van der Waals surface area contributed by atoms with Crippen LogP contribution in [0.2, 0.25) is 0 Å². The first-order valence-electron chi connectivity index (χ1n) is 11.6. The van der Waals surface area contributed by atoms with Gasteiger partial charge in [0.2, 0.25) is 0 Å². The zero-order valence-corrected chi connectivity index (χ0v) is 22.4. The Balaban J connectivity index is 1.71. The topological polar surface area (TPSA) is 77.4 Å². The number of alkyl halides is 1. The molecule has 0 spiro atoms. The summed E-state index contributed by atoms with van der Waals surface area (Å²) in [6.45, 7) is 4.98. The van der Waals surface area contributed by atoms with E-state index in [1.807, 2.05) is 0 Å². The quantitative estimate of drug-likeness (QED) is 0.337. The fraction of sp³-hybridized carbons (Fsp3) is 0.385. The molecular weight excluding hydrogens is 553 g/mol. The number of halogens is 4. The highest BCUT2D eigenvalue weighted by atomic mass is 79.9. The number of carbonyl (C=O) groups excluding carboxylic acids is 1. The molecule has 1 aliphatic rings. The Kier molecular flexibility index (Phi) is 7.45. The van der Waals surface area contributed by atoms with Gasteiger partial charge in [0.1, 0.15) is 29.2 Å². The zero-order valence-electron chi connectivity index (χ0n) is 20.8. The number of ether oxygens (including phenoxy) is 2. The van der Waals surface area contributed by atoms with Gasteiger partial charge in [0.25, 0.3) is 0 Å². The van der Waals surface area contributed by atoms with E-state index in [1.54, 1.807) is 20.8 Å². The highest BCUT2D eigenvalue weighted by Gasteiger charge is 2.51. The molecule has 3 aromatic rings. The van der Waals surface area contributed by atoms with Crippen LogP contribution in [-0.2, 0) is 10.2 Å². The van der Waals surface area contributed by atoms with Crippen molar-refractivity contribution in [2.45, 2.75) is 50.8 Å². The third kappa shape index (κ3) is 5.71. The summed E-state index contributed by atoms with van der Waals surface area (Å²) in [6, 6.07) is 8.42. The van der Waals surface area contributed by atoms with Crippen molar-refractivity contribution in [3.05, 3.63) is 64.4 Å². The number of pyridine rings is 1. The predicted molar refractivity (Wildman–Crippen MR) is 135 cm³/mol. The van der Waals surface area contributed by atoms with Crippen molar-refractivity contribution >= 4 is 27.8 Å². The van der Waals surface area contributed by atoms with Crippen LogP contribution in [0.5, 0.6) is 5.75 Å². The van der Waals surface area contributed by atoms with E-state index < -0.39 is 34.9 Å². The SMILES string of the molecule is COc1cc(F)c(-c2ccc(N(C[C@]3(c4ncccc4F)C[C@@H](F)C3)C(=O)OC(C)(C)C)nn2)cc1Br. The van der Waals surface area contributed by atoms with Crippen molar-refractivity contribution in [3.8, 4) is 17.0 Å². The molecule has 0 N–H and O–H groups in total. The molecule has 2 aromatic heterocycles. The van der Waals surface area contributed by atoms with Crippen LogP contribution in [0.4, 0.5) is 23.8 Å². The van der Waals surface area contributed by atoms with Crippen LogP contribution in [0, 0.1) is 11.6 Å². The first kappa shape index (κ1) is 26.8. The summed E-state index contributed by atoms with van der Waals surface area (Å²) in [7, 11) is 1.43. The van der Waals surface area contributed by atoms with Gasteiger partial charge in [-0.05, 0) is 79.9 Å². The standard InChI is InChI=1S/C26H26BrF3N4O3/c1-25(2,3)37-24(35)34(14-26(12-15(28)13-26)23-18(29)6-5-9-31-23)22-8-7-20(32-33-22)16-10-17(27)21(36-4)11-19(16)30/h5-11,15H,12-14H2,1-4H3/t15-,26+. The molecule has 11 heteroatoms. The first-order valence-corrected chi connectivity index (χ1v) is 12.3. The summed E-state index contributed by atoms with van der Waals surface area (Å²) in [5.74, 6) is -0.746. The molecule has 7 nitrogen and oxygen atoms in total. The molecule has 1 saturated carbocycles. The molecule has 0 bridgehead atoms. The minimum atomic E-state index is -1.16. The number of anilines is 1. The summed E-state index contributed by atoms with van der Waals surface area (Å²) in [5, 5.41) is 8.27. The highest BCUT2D eigenvalue weighted by molar-refractivity contribution is 9.10. The van der Waals surface area contributed by atoms with Crippen LogP contribution in [0.15, 0.2) is 47.1 Å². The fourth-order valence-corrected chi connectivity index (χ4v) is 4.82. The number of aromatic nitrogens is 3. The Labute approximate surface area is 221 Å². The Bertz CT molecular complexity index is 1300. The number of methoxy groups -OCH3 is 1. The molecule has 1 amide bonds. The molecule has 0 atom stereocenters. The zero-order chi connectivity index (χ0) is 27.0. The maximum absolute atomic E-state index is 14.7. The van der Waals surface area contributed by atoms with Crippen LogP contribution in [-0.4, -0.2) is 46.7 Å². The van der Waals surface area contributed by atoms with E-state index in [1.165, 1.54) is 54.6 Å². The minimum Gasteiger partial charge on any atom is -0.495 e. The molecule has 2 heterocycles. The molecule has 4 rings (SSSR count). The van der Waals surface area contributed by atoms with Gasteiger partial charge in [-0.25, -0.2) is 18.0 Å². The Morgan fingerprint density at radius 3 is 2.46 bits per heavy atom. The van der Waals surface area contributed by atoms with Crippen molar-refractivity contribution in [1.82, 2.24) is 15.2 Å². The summed E-state index contributed by atoms with van der Waals surface area (Å²) in [4.78, 5) is 18.6. The third-order valence-electron chi connectivity index (χ3n) is 6.00. The van der Waals surface area contributed by atoms with Gasteiger partial charge in [-0.2, -0.15) is 0 Å². The number of benzene rings is 1. The Morgan fingerprint density at radius 2 is 1.89 bits per heavy atom. The van der Waals surface area contributed by atoms with Crippen molar-refractivity contribution in [2.24, 2.45) is 0 Å². The maximum atomic E-state index is 14.7. The van der Waals surface area contributed by atoms with Gasteiger partial charge < -0.3 is 9.47 Å². The van der Waals surface area contributed by atoms with Crippen LogP contribution in [0.3, 0.4) is 0 Å². The molecule has 0 unspecified atom stereocenters. The smallest absolute Gasteiger partial charge is 0.416 e. The third-order valence-corrected chi connectivity index (χ3v) is 6.62. The lowest BCUT2D eigenvalue weighted by atomic mass is 9.64. The van der Waals surface area contributed by atoms with Gasteiger partial charge >= 0.3 is 6.09 Å². The largest absolute Gasteiger partial charge is 0.495 e. The molecule has 0 saturated heterocycles. The lowest BCUT2D eigenvalue weighted by Gasteiger charge is -2.46. The van der Waals surface area contributed by atoms with Crippen molar-refractivity contribution in [1.29, 1.82) is 0 Å². The molecular formula is C26H26BrF3N4O3. The molecule has 1 fully saturated rings. The second kappa shape index (κ2) is 10.3. The first-order chi connectivity index (χ1) is 17.4. The van der Waals surface area contributed by atoms with Crippen LogP contribution < -0.4 is 9.64 Å². The Morgan fingerprint density at radius 1 is 1.16 bits per heavy atom. The molecule has 37 heavy (non-hydrogen) atoms. The monoisotopic (exact) mass is 578 g/mol. The van der Waals surface area contributed by atoms with Crippen molar-refractivity contribution in [2.75, 3.05) is 18.6 Å². The molecule has 196 valence electrons. The molecule has 1 aromatic carbocycles. The van der Waals surface area contributed by atoms with Crippen molar-refractivity contribution in [3.63, 3.8) is 0 Å². The van der Waals surface area contributed by atoms with E-state index in [0.717, 1.165) is 0 Å². The summed E-state index contributed by atoms with van der Waals surface area (Å²) in [6.07, 6.45) is -0.523. The van der Waals surface area contributed by atoms with E-state index in [-0.39, 0.29) is 42.2 Å². The number of nitrogens with zero attached hydrogens (tertiary/aromatic N) is 4. The van der Waals surface area contributed by atoms with Gasteiger partial charge in [0.05, 0.1) is 23.0 Å². The van der Waals surface area contributed by atoms with Crippen LogP contribution in [0.25, 0.3) is 11.3 Å². The summed E-state index contributed by atoms with van der Waals surface area (Å²) < 4.78 is 54.8. The number of carbonyl (C=O) groups is 1. The molecule has 1 aliphatic carbocycles. The van der Waals surface area contributed by atoms with Gasteiger partial charge in [-0.1, -0.05) is 0 Å². The second-order valence-corrected chi connectivity index (χ2v) is 10.8. The number of amides is 1. The molecule has 0 radical (unpaired) electrons. The maximum Gasteiger partial charge on any atom is 0.416 e. The van der Waals surface area contributed by atoms with E-state index in [2.05, 4.69) is 31.1 Å². The van der Waals surface area contributed by atoms with Gasteiger partial charge in [-0.3, -0.25) is 9.88 Å². The summed E-state index contributed by atoms with van der Waals surface area (Å²) >= 11 is 3.33. The fourth-order valence-electron chi connectivity index (χ4n) is 4.31. The lowest BCUT2D eigenvalue weighted by Crippen LogP contribution is -2.54. The molecule has 0 aliphatic heterocycles. The van der Waals surface area contributed by atoms with Gasteiger partial charge in [0.15, 0.2) is 5.82 Å². The van der Waals surface area contributed by atoms with Gasteiger partial charge in [-0.15, -0.1) is 10.2 Å². The van der Waals surface area contributed by atoms with E-state index in [0.29, 0.717) is 10.2 Å². The number of hydrogen-bond acceptors (Lipinski definition) is 6. The van der Waals surface area contributed by atoms with E-state index in [9.17, 15) is 18.0 Å². The second-order valence-electron chi connectivity index (χ2n) is 9.93. The lowest BCUT2D eigenvalue weighted by molar-refractivity contribution is 0.0507.